The zero-order valence-corrected chi connectivity index (χ0v) is 23.7. The third-order valence-corrected chi connectivity index (χ3v) is 7.94. The lowest BCUT2D eigenvalue weighted by atomic mass is 10.2. The molecular formula is C29H38Cl2N8. The summed E-state index contributed by atoms with van der Waals surface area (Å²) >= 11 is 0. The second-order valence-electron chi connectivity index (χ2n) is 10.5. The van der Waals surface area contributed by atoms with E-state index in [0.29, 0.717) is 12.1 Å². The maximum Gasteiger partial charge on any atom is 0.244 e. The molecule has 2 aromatic carbocycles. The molecule has 0 aliphatic carbocycles. The fraction of sp³-hybridized carbons (Fsp3) is 0.379. The van der Waals surface area contributed by atoms with Crippen LogP contribution in [0.1, 0.15) is 31.3 Å². The number of aromatic nitrogens is 4. The van der Waals surface area contributed by atoms with Crippen molar-refractivity contribution >= 4 is 22.7 Å². The Hall–Kier alpha value is -3.36. The van der Waals surface area contributed by atoms with Crippen molar-refractivity contribution in [3.8, 4) is 0 Å². The molecule has 2 fully saturated rings. The fourth-order valence-electron chi connectivity index (χ4n) is 5.76. The highest BCUT2D eigenvalue weighted by atomic mass is 35.5. The summed E-state index contributed by atoms with van der Waals surface area (Å²) in [6.45, 7) is 6.29. The number of aryl methyl sites for hydroxylation is 2. The van der Waals surface area contributed by atoms with E-state index in [1.807, 2.05) is 24.3 Å². The number of hydrogen-bond acceptors (Lipinski definition) is 4. The number of imidazole rings is 2. The molecule has 8 nitrogen and oxygen atoms in total. The van der Waals surface area contributed by atoms with Crippen LogP contribution in [0.2, 0.25) is 0 Å². The van der Waals surface area contributed by atoms with Crippen molar-refractivity contribution in [3.63, 3.8) is 0 Å². The molecule has 2 aromatic heterocycles. The first kappa shape index (κ1) is 28.6. The minimum Gasteiger partial charge on any atom is -1.00 e. The molecule has 2 unspecified atom stereocenters. The van der Waals surface area contributed by atoms with E-state index in [1.165, 1.54) is 24.2 Å². The first-order valence-electron chi connectivity index (χ1n) is 13.4. The number of nitrogens with zero attached hydrogens (tertiary/aromatic N) is 6. The van der Waals surface area contributed by atoms with E-state index in [-0.39, 0.29) is 24.8 Å². The lowest BCUT2D eigenvalue weighted by Crippen LogP contribution is -3.00. The second-order valence-corrected chi connectivity index (χ2v) is 10.5. The minimum atomic E-state index is 0. The Morgan fingerprint density at radius 2 is 1.38 bits per heavy atom. The van der Waals surface area contributed by atoms with Gasteiger partial charge in [-0.3, -0.25) is 0 Å². The number of benzene rings is 2. The van der Waals surface area contributed by atoms with Gasteiger partial charge in [-0.1, -0.05) is 0 Å². The van der Waals surface area contributed by atoms with E-state index in [2.05, 4.69) is 89.8 Å². The van der Waals surface area contributed by atoms with Crippen LogP contribution >= 0.6 is 0 Å². The maximum atomic E-state index is 5.85. The molecule has 39 heavy (non-hydrogen) atoms. The van der Waals surface area contributed by atoms with E-state index < -0.39 is 0 Å². The lowest BCUT2D eigenvalue weighted by Gasteiger charge is -2.17. The van der Waals surface area contributed by atoms with Crippen LogP contribution in [0.15, 0.2) is 86.0 Å². The van der Waals surface area contributed by atoms with Crippen molar-refractivity contribution in [3.05, 3.63) is 86.0 Å². The molecule has 10 heteroatoms. The standard InChI is InChI=1S/C29H38N8.2ClH/c30-24-2-6-26(7-3-24)34-14-10-28(20-34)36-18-16-32(22-36)12-1-13-33-17-19-37(23-33)29-11-15-35(21-29)27-8-4-25(31)5-9-27;;/h2-9,16-19,22-23,28-29H,1,10-15,20-21,30-31H2;2*1H/q+2;;/p-2. The number of rotatable bonds is 8. The van der Waals surface area contributed by atoms with Crippen molar-refractivity contribution in [1.82, 2.24) is 9.13 Å². The van der Waals surface area contributed by atoms with Gasteiger partial charge >= 0.3 is 0 Å². The van der Waals surface area contributed by atoms with E-state index >= 15 is 0 Å². The molecule has 0 spiro atoms. The van der Waals surface area contributed by atoms with Gasteiger partial charge in [0.1, 0.15) is 36.9 Å². The van der Waals surface area contributed by atoms with Gasteiger partial charge in [0.05, 0.1) is 26.2 Å². The van der Waals surface area contributed by atoms with Gasteiger partial charge in [-0.2, -0.15) is 0 Å². The van der Waals surface area contributed by atoms with Crippen LogP contribution in [0.25, 0.3) is 0 Å². The van der Waals surface area contributed by atoms with Crippen molar-refractivity contribution in [2.45, 2.75) is 44.4 Å². The first-order chi connectivity index (χ1) is 18.1. The molecular weight excluding hydrogens is 531 g/mol. The summed E-state index contributed by atoms with van der Waals surface area (Å²) < 4.78 is 9.41. The van der Waals surface area contributed by atoms with E-state index in [0.717, 1.165) is 57.1 Å². The molecule has 4 heterocycles. The number of hydrogen-bond donors (Lipinski definition) is 2. The van der Waals surface area contributed by atoms with Crippen LogP contribution in [0.4, 0.5) is 22.7 Å². The molecule has 6 rings (SSSR count). The summed E-state index contributed by atoms with van der Waals surface area (Å²) in [7, 11) is 0. The topological polar surface area (TPSA) is 76.1 Å². The minimum absolute atomic E-state index is 0. The Morgan fingerprint density at radius 3 is 2.08 bits per heavy atom. The lowest BCUT2D eigenvalue weighted by molar-refractivity contribution is -0.718. The number of halogens is 2. The average Bonchev–Trinajstić information content (AvgIpc) is 3.72. The zero-order chi connectivity index (χ0) is 25.2. The van der Waals surface area contributed by atoms with Crippen LogP contribution in [0.3, 0.4) is 0 Å². The average molecular weight is 570 g/mol. The van der Waals surface area contributed by atoms with Gasteiger partial charge in [0, 0.05) is 55.1 Å². The van der Waals surface area contributed by atoms with Crippen LogP contribution in [0, 0.1) is 0 Å². The molecule has 2 saturated heterocycles. The summed E-state index contributed by atoms with van der Waals surface area (Å²) in [5.74, 6) is 0. The molecule has 0 amide bonds. The Kier molecular flexibility index (Phi) is 9.30. The van der Waals surface area contributed by atoms with Gasteiger partial charge in [-0.15, -0.1) is 0 Å². The third kappa shape index (κ3) is 6.62. The summed E-state index contributed by atoms with van der Waals surface area (Å²) in [6, 6.07) is 17.5. The van der Waals surface area contributed by atoms with E-state index in [1.54, 1.807) is 0 Å². The zero-order valence-electron chi connectivity index (χ0n) is 22.2. The third-order valence-electron chi connectivity index (χ3n) is 7.94. The van der Waals surface area contributed by atoms with Gasteiger partial charge in [0.2, 0.25) is 12.7 Å². The largest absolute Gasteiger partial charge is 1.00 e. The van der Waals surface area contributed by atoms with Crippen LogP contribution in [-0.4, -0.2) is 35.3 Å². The van der Waals surface area contributed by atoms with Crippen LogP contribution in [0.5, 0.6) is 0 Å². The quantitative estimate of drug-likeness (QED) is 0.176. The van der Waals surface area contributed by atoms with E-state index in [4.69, 9.17) is 11.5 Å². The van der Waals surface area contributed by atoms with Gasteiger partial charge in [0.15, 0.2) is 0 Å². The molecule has 4 N–H and O–H groups in total. The molecule has 4 aromatic rings. The fourth-order valence-corrected chi connectivity index (χ4v) is 5.76. The Labute approximate surface area is 243 Å². The summed E-state index contributed by atoms with van der Waals surface area (Å²) in [6.07, 6.45) is 16.9. The van der Waals surface area contributed by atoms with Crippen molar-refractivity contribution in [2.24, 2.45) is 0 Å². The summed E-state index contributed by atoms with van der Waals surface area (Å²) in [5.41, 5.74) is 15.9. The molecule has 2 atom stereocenters. The molecule has 2 aliphatic rings. The summed E-state index contributed by atoms with van der Waals surface area (Å²) in [5, 5.41) is 0. The maximum absolute atomic E-state index is 5.85. The van der Waals surface area contributed by atoms with Crippen molar-refractivity contribution in [2.75, 3.05) is 47.4 Å². The second kappa shape index (κ2) is 12.7. The van der Waals surface area contributed by atoms with Gasteiger partial charge in [-0.05, 0) is 48.5 Å². The van der Waals surface area contributed by atoms with E-state index in [9.17, 15) is 0 Å². The molecule has 208 valence electrons. The smallest absolute Gasteiger partial charge is 0.244 e. The predicted molar refractivity (Wildman–Crippen MR) is 147 cm³/mol. The summed E-state index contributed by atoms with van der Waals surface area (Å²) in [4.78, 5) is 4.91. The highest BCUT2D eigenvalue weighted by Gasteiger charge is 2.29. The van der Waals surface area contributed by atoms with Crippen LogP contribution < -0.4 is 55.2 Å². The molecule has 0 radical (unpaired) electrons. The van der Waals surface area contributed by atoms with Gasteiger partial charge in [-0.25, -0.2) is 18.3 Å². The monoisotopic (exact) mass is 568 g/mol. The number of nitrogens with two attached hydrogens (primary N) is 2. The van der Waals surface area contributed by atoms with Crippen molar-refractivity contribution in [1.29, 1.82) is 0 Å². The highest BCUT2D eigenvalue weighted by molar-refractivity contribution is 5.54. The first-order valence-corrected chi connectivity index (χ1v) is 13.4. The normalized spacial score (nSPS) is 18.7. The Morgan fingerprint density at radius 1 is 0.744 bits per heavy atom. The number of anilines is 4. The van der Waals surface area contributed by atoms with Gasteiger partial charge < -0.3 is 46.1 Å². The van der Waals surface area contributed by atoms with Crippen LogP contribution in [-0.2, 0) is 13.1 Å². The predicted octanol–water partition coefficient (Wildman–Crippen LogP) is -2.97. The Balaban J connectivity index is 0.00000176. The Bertz CT molecular complexity index is 1220. The molecule has 2 aliphatic heterocycles. The molecule has 0 bridgehead atoms. The molecule has 0 saturated carbocycles. The highest BCUT2D eigenvalue weighted by Crippen LogP contribution is 2.27. The van der Waals surface area contributed by atoms with Crippen molar-refractivity contribution < 1.29 is 33.9 Å². The SMILES string of the molecule is Nc1ccc(N2CCC(n3cc[n+](CCCn4cc[n+](C5CCN(c6ccc(N)cc6)C5)c4)c3)C2)cc1.[Cl-].[Cl-]. The van der Waals surface area contributed by atoms with Gasteiger partial charge in [0.25, 0.3) is 0 Å². The number of nitrogen functional groups attached to an aromatic ring is 2.